The fourth-order valence-electron chi connectivity index (χ4n) is 1.75. The summed E-state index contributed by atoms with van der Waals surface area (Å²) in [7, 11) is 0. The predicted octanol–water partition coefficient (Wildman–Crippen LogP) is 1.24. The van der Waals surface area contributed by atoms with Crippen LogP contribution in [0.4, 0.5) is 0 Å². The van der Waals surface area contributed by atoms with Crippen molar-refractivity contribution in [3.63, 3.8) is 0 Å². The molecule has 1 aliphatic rings. The van der Waals surface area contributed by atoms with Crippen LogP contribution in [0.1, 0.15) is 22.6 Å². The van der Waals surface area contributed by atoms with Gasteiger partial charge >= 0.3 is 5.97 Å². The molecule has 1 aromatic heterocycles. The molecular weight excluding hydrogens is 238 g/mol. The summed E-state index contributed by atoms with van der Waals surface area (Å²) in [6.45, 7) is 1.32. The Bertz CT molecular complexity index is 387. The molecule has 1 atom stereocenters. The number of carbonyl (C=O) groups is 1. The highest BCUT2D eigenvalue weighted by Crippen LogP contribution is 2.32. The summed E-state index contributed by atoms with van der Waals surface area (Å²) < 4.78 is 0. The van der Waals surface area contributed by atoms with Gasteiger partial charge in [0, 0.05) is 22.8 Å². The van der Waals surface area contributed by atoms with Gasteiger partial charge in [-0.1, -0.05) is 0 Å². The number of hydrogen-bond acceptors (Lipinski definition) is 4. The van der Waals surface area contributed by atoms with E-state index in [-0.39, 0.29) is 12.5 Å². The van der Waals surface area contributed by atoms with E-state index in [1.54, 1.807) is 0 Å². The second-order valence-corrected chi connectivity index (χ2v) is 5.73. The fraction of sp³-hybridized carbons (Fsp3) is 0.583. The maximum atomic E-state index is 10.5. The molecule has 94 valence electrons. The number of rotatable bonds is 7. The van der Waals surface area contributed by atoms with E-state index in [9.17, 15) is 9.90 Å². The molecule has 0 amide bonds. The number of hydrogen-bond donors (Lipinski definition) is 3. The second kappa shape index (κ2) is 5.62. The lowest BCUT2D eigenvalue weighted by atomic mass is 10.2. The van der Waals surface area contributed by atoms with Gasteiger partial charge in [0.05, 0.1) is 12.5 Å². The lowest BCUT2D eigenvalue weighted by molar-refractivity contribution is -0.136. The number of aliphatic carboxylic acids is 1. The standard InChI is InChI=1S/C12H17NO3S/c14-11(8-1-2-8)7-13-6-10-4-3-9(17-10)5-12(15)16/h3-4,8,11,13-14H,1-2,5-7H2,(H,15,16). The van der Waals surface area contributed by atoms with Crippen molar-refractivity contribution in [2.45, 2.75) is 31.9 Å². The second-order valence-electron chi connectivity index (χ2n) is 4.47. The zero-order valence-corrected chi connectivity index (χ0v) is 10.4. The molecule has 0 saturated heterocycles. The van der Waals surface area contributed by atoms with Crippen LogP contribution in [-0.2, 0) is 17.8 Å². The number of aliphatic hydroxyl groups excluding tert-OH is 1. The molecule has 0 aliphatic heterocycles. The smallest absolute Gasteiger partial charge is 0.308 e. The highest BCUT2D eigenvalue weighted by atomic mass is 32.1. The van der Waals surface area contributed by atoms with Gasteiger partial charge in [-0.2, -0.15) is 0 Å². The van der Waals surface area contributed by atoms with Crippen LogP contribution >= 0.6 is 11.3 Å². The largest absolute Gasteiger partial charge is 0.481 e. The van der Waals surface area contributed by atoms with E-state index in [2.05, 4.69) is 5.32 Å². The van der Waals surface area contributed by atoms with E-state index < -0.39 is 5.97 Å². The SMILES string of the molecule is O=C(O)Cc1ccc(CNCC(O)C2CC2)s1. The van der Waals surface area contributed by atoms with Crippen LogP contribution in [0.25, 0.3) is 0 Å². The summed E-state index contributed by atoms with van der Waals surface area (Å²) in [5.74, 6) is -0.302. The maximum absolute atomic E-state index is 10.5. The van der Waals surface area contributed by atoms with Crippen molar-refractivity contribution >= 4 is 17.3 Å². The van der Waals surface area contributed by atoms with Crippen molar-refractivity contribution in [3.05, 3.63) is 21.9 Å². The summed E-state index contributed by atoms with van der Waals surface area (Å²) in [5, 5.41) is 21.5. The third-order valence-electron chi connectivity index (χ3n) is 2.86. The maximum Gasteiger partial charge on any atom is 0.308 e. The van der Waals surface area contributed by atoms with E-state index in [1.807, 2.05) is 12.1 Å². The highest BCUT2D eigenvalue weighted by Gasteiger charge is 2.29. The number of carboxylic acids is 1. The minimum atomic E-state index is -0.796. The number of aliphatic hydroxyl groups is 1. The van der Waals surface area contributed by atoms with Gasteiger partial charge in [-0.05, 0) is 30.9 Å². The fourth-order valence-corrected chi connectivity index (χ4v) is 2.73. The number of carboxylic acid groups (broad SMARTS) is 1. The van der Waals surface area contributed by atoms with Crippen LogP contribution in [0.5, 0.6) is 0 Å². The zero-order valence-electron chi connectivity index (χ0n) is 9.56. The van der Waals surface area contributed by atoms with E-state index in [0.717, 1.165) is 22.6 Å². The summed E-state index contributed by atoms with van der Waals surface area (Å²) in [6.07, 6.45) is 2.15. The van der Waals surface area contributed by atoms with Crippen LogP contribution < -0.4 is 5.32 Å². The molecule has 17 heavy (non-hydrogen) atoms. The molecule has 1 saturated carbocycles. The highest BCUT2D eigenvalue weighted by molar-refractivity contribution is 7.12. The van der Waals surface area contributed by atoms with Crippen molar-refractivity contribution in [3.8, 4) is 0 Å². The summed E-state index contributed by atoms with van der Waals surface area (Å²) >= 11 is 1.51. The minimum absolute atomic E-state index is 0.0926. The van der Waals surface area contributed by atoms with Gasteiger partial charge in [0.25, 0.3) is 0 Å². The molecule has 0 radical (unpaired) electrons. The third-order valence-corrected chi connectivity index (χ3v) is 3.95. The first kappa shape index (κ1) is 12.5. The first-order valence-corrected chi connectivity index (χ1v) is 6.65. The van der Waals surface area contributed by atoms with E-state index in [0.29, 0.717) is 19.0 Å². The summed E-state index contributed by atoms with van der Waals surface area (Å²) in [4.78, 5) is 12.5. The Labute approximate surface area is 104 Å². The lowest BCUT2D eigenvalue weighted by Crippen LogP contribution is -2.27. The average Bonchev–Trinajstić information content (AvgIpc) is 3.02. The quantitative estimate of drug-likeness (QED) is 0.685. The Kier molecular flexibility index (Phi) is 4.15. The van der Waals surface area contributed by atoms with Crippen LogP contribution in [0.15, 0.2) is 12.1 Å². The van der Waals surface area contributed by atoms with Crippen molar-refractivity contribution in [2.24, 2.45) is 5.92 Å². The van der Waals surface area contributed by atoms with E-state index in [4.69, 9.17) is 5.11 Å². The van der Waals surface area contributed by atoms with Gasteiger partial charge in [-0.15, -0.1) is 11.3 Å². The molecule has 1 aromatic rings. The Balaban J connectivity index is 1.71. The number of nitrogens with one attached hydrogen (secondary N) is 1. The molecule has 0 aromatic carbocycles. The normalized spacial score (nSPS) is 17.0. The van der Waals surface area contributed by atoms with Crippen LogP contribution in [0.2, 0.25) is 0 Å². The molecule has 5 heteroatoms. The van der Waals surface area contributed by atoms with Gasteiger partial charge in [0.2, 0.25) is 0 Å². The molecule has 1 aliphatic carbocycles. The van der Waals surface area contributed by atoms with Gasteiger partial charge < -0.3 is 15.5 Å². The lowest BCUT2D eigenvalue weighted by Gasteiger charge is -2.09. The van der Waals surface area contributed by atoms with E-state index in [1.165, 1.54) is 11.3 Å². The Morgan fingerprint density at radius 1 is 1.47 bits per heavy atom. The minimum Gasteiger partial charge on any atom is -0.481 e. The zero-order chi connectivity index (χ0) is 12.3. The Hall–Kier alpha value is -0.910. The molecule has 4 nitrogen and oxygen atoms in total. The predicted molar refractivity (Wildman–Crippen MR) is 66.1 cm³/mol. The molecule has 0 spiro atoms. The Morgan fingerprint density at radius 2 is 2.18 bits per heavy atom. The molecule has 1 fully saturated rings. The van der Waals surface area contributed by atoms with Gasteiger partial charge in [0.15, 0.2) is 0 Å². The number of thiophene rings is 1. The monoisotopic (exact) mass is 255 g/mol. The molecular formula is C12H17NO3S. The first-order chi connectivity index (χ1) is 8.15. The van der Waals surface area contributed by atoms with Gasteiger partial charge in [-0.25, -0.2) is 0 Å². The summed E-state index contributed by atoms with van der Waals surface area (Å²) in [6, 6.07) is 3.80. The Morgan fingerprint density at radius 3 is 2.82 bits per heavy atom. The van der Waals surface area contributed by atoms with Crippen molar-refractivity contribution in [1.29, 1.82) is 0 Å². The van der Waals surface area contributed by atoms with Crippen LogP contribution in [-0.4, -0.2) is 28.8 Å². The molecule has 1 unspecified atom stereocenters. The molecule has 3 N–H and O–H groups in total. The van der Waals surface area contributed by atoms with Gasteiger partial charge in [0.1, 0.15) is 0 Å². The van der Waals surface area contributed by atoms with Crippen LogP contribution in [0.3, 0.4) is 0 Å². The van der Waals surface area contributed by atoms with E-state index >= 15 is 0 Å². The molecule has 2 rings (SSSR count). The topological polar surface area (TPSA) is 69.6 Å². The van der Waals surface area contributed by atoms with Crippen molar-refractivity contribution < 1.29 is 15.0 Å². The molecule has 0 bridgehead atoms. The first-order valence-electron chi connectivity index (χ1n) is 5.83. The van der Waals surface area contributed by atoms with Crippen molar-refractivity contribution in [2.75, 3.05) is 6.54 Å². The third kappa shape index (κ3) is 4.11. The van der Waals surface area contributed by atoms with Gasteiger partial charge in [-0.3, -0.25) is 4.79 Å². The van der Waals surface area contributed by atoms with Crippen LogP contribution in [0, 0.1) is 5.92 Å². The average molecular weight is 255 g/mol. The summed E-state index contributed by atoms with van der Waals surface area (Å²) in [5.41, 5.74) is 0. The van der Waals surface area contributed by atoms with Crippen molar-refractivity contribution in [1.82, 2.24) is 5.32 Å². The molecule has 1 heterocycles.